The maximum absolute atomic E-state index is 11.2. The molecule has 0 radical (unpaired) electrons. The Morgan fingerprint density at radius 1 is 1.38 bits per heavy atom. The smallest absolute Gasteiger partial charge is 0.336 e. The van der Waals surface area contributed by atoms with E-state index in [1.54, 1.807) is 0 Å². The molecule has 1 amide bonds. The number of ether oxygens (including phenoxy) is 1. The van der Waals surface area contributed by atoms with Crippen molar-refractivity contribution in [2.75, 3.05) is 14.2 Å². The van der Waals surface area contributed by atoms with E-state index in [2.05, 4.69) is 8.92 Å². The highest BCUT2D eigenvalue weighted by molar-refractivity contribution is 7.84. The number of esters is 1. The number of methoxy groups -OCH3 is 1. The zero-order valence-corrected chi connectivity index (χ0v) is 9.74. The Balaban J connectivity index is 4.56. The van der Waals surface area contributed by atoms with Gasteiger partial charge in [0.1, 0.15) is 6.04 Å². The molecule has 8 nitrogen and oxygen atoms in total. The van der Waals surface area contributed by atoms with Gasteiger partial charge in [-0.15, -0.1) is 0 Å². The molecule has 94 valence electrons. The molecule has 0 rings (SSSR count). The van der Waals surface area contributed by atoms with Crippen molar-refractivity contribution in [1.82, 2.24) is 4.72 Å². The average Bonchev–Trinajstić information content (AvgIpc) is 2.22. The SMILES string of the molecule is COC(=O)[C@H](CCC(N)=O)NS(=O)(=O)OC. The molecule has 0 heterocycles. The van der Waals surface area contributed by atoms with Gasteiger partial charge in [0.05, 0.1) is 14.2 Å². The van der Waals surface area contributed by atoms with Gasteiger partial charge < -0.3 is 10.5 Å². The van der Waals surface area contributed by atoms with Crippen molar-refractivity contribution >= 4 is 22.2 Å². The van der Waals surface area contributed by atoms with E-state index in [0.717, 1.165) is 14.2 Å². The van der Waals surface area contributed by atoms with Crippen LogP contribution in [0.3, 0.4) is 0 Å². The van der Waals surface area contributed by atoms with Crippen LogP contribution >= 0.6 is 0 Å². The maximum Gasteiger partial charge on any atom is 0.336 e. The normalized spacial score (nSPS) is 13.1. The molecular formula is C7H14N2O6S. The first-order valence-corrected chi connectivity index (χ1v) is 5.67. The van der Waals surface area contributed by atoms with Crippen molar-refractivity contribution in [3.63, 3.8) is 0 Å². The lowest BCUT2D eigenvalue weighted by Crippen LogP contribution is -2.42. The van der Waals surface area contributed by atoms with Gasteiger partial charge in [0.15, 0.2) is 0 Å². The van der Waals surface area contributed by atoms with E-state index < -0.39 is 28.2 Å². The fourth-order valence-electron chi connectivity index (χ4n) is 0.876. The van der Waals surface area contributed by atoms with E-state index >= 15 is 0 Å². The highest BCUT2D eigenvalue weighted by Crippen LogP contribution is 2.02. The number of hydrogen-bond acceptors (Lipinski definition) is 6. The molecule has 0 aromatic carbocycles. The van der Waals surface area contributed by atoms with Crippen molar-refractivity contribution in [2.24, 2.45) is 5.73 Å². The predicted octanol–water partition coefficient (Wildman–Crippen LogP) is -1.73. The summed E-state index contributed by atoms with van der Waals surface area (Å²) in [6.07, 6.45) is -0.239. The Bertz CT molecular complexity index is 352. The number of amides is 1. The molecule has 0 aromatic rings. The minimum absolute atomic E-state index is 0.0927. The lowest BCUT2D eigenvalue weighted by molar-refractivity contribution is -0.142. The van der Waals surface area contributed by atoms with Gasteiger partial charge in [-0.2, -0.15) is 13.1 Å². The van der Waals surface area contributed by atoms with Gasteiger partial charge in [0.25, 0.3) is 0 Å². The minimum Gasteiger partial charge on any atom is -0.468 e. The summed E-state index contributed by atoms with van der Waals surface area (Å²) in [6.45, 7) is 0. The first-order valence-electron chi connectivity index (χ1n) is 4.26. The molecule has 0 aliphatic carbocycles. The third-order valence-electron chi connectivity index (χ3n) is 1.67. The van der Waals surface area contributed by atoms with Gasteiger partial charge in [0, 0.05) is 6.42 Å². The first kappa shape index (κ1) is 14.8. The van der Waals surface area contributed by atoms with Gasteiger partial charge in [0.2, 0.25) is 5.91 Å². The van der Waals surface area contributed by atoms with Crippen LogP contribution in [0.2, 0.25) is 0 Å². The van der Waals surface area contributed by atoms with Crippen LogP contribution in [-0.4, -0.2) is 40.6 Å². The Kier molecular flexibility index (Phi) is 5.93. The number of nitrogens with one attached hydrogen (secondary N) is 1. The maximum atomic E-state index is 11.2. The van der Waals surface area contributed by atoms with Gasteiger partial charge in [-0.25, -0.2) is 0 Å². The van der Waals surface area contributed by atoms with E-state index in [-0.39, 0.29) is 12.8 Å². The summed E-state index contributed by atoms with van der Waals surface area (Å²) in [5.41, 5.74) is 4.88. The summed E-state index contributed by atoms with van der Waals surface area (Å²) >= 11 is 0. The van der Waals surface area contributed by atoms with Crippen molar-refractivity contribution in [1.29, 1.82) is 0 Å². The van der Waals surface area contributed by atoms with Crippen LogP contribution in [0.4, 0.5) is 0 Å². The summed E-state index contributed by atoms with van der Waals surface area (Å²) in [4.78, 5) is 21.7. The monoisotopic (exact) mass is 254 g/mol. The number of carbonyl (C=O) groups is 2. The Labute approximate surface area is 93.3 Å². The molecule has 0 saturated heterocycles. The van der Waals surface area contributed by atoms with E-state index in [4.69, 9.17) is 5.73 Å². The molecule has 3 N–H and O–H groups in total. The summed E-state index contributed by atoms with van der Waals surface area (Å²) in [5.74, 6) is -1.47. The molecule has 9 heteroatoms. The number of nitrogens with two attached hydrogens (primary N) is 1. The Hall–Kier alpha value is -1.19. The number of carbonyl (C=O) groups excluding carboxylic acids is 2. The Morgan fingerprint density at radius 3 is 2.31 bits per heavy atom. The van der Waals surface area contributed by atoms with Gasteiger partial charge >= 0.3 is 16.3 Å². The largest absolute Gasteiger partial charge is 0.468 e. The van der Waals surface area contributed by atoms with Crippen LogP contribution < -0.4 is 10.5 Å². The predicted molar refractivity (Wildman–Crippen MR) is 53.3 cm³/mol. The molecule has 16 heavy (non-hydrogen) atoms. The van der Waals surface area contributed by atoms with Crippen molar-refractivity contribution < 1.29 is 26.9 Å². The van der Waals surface area contributed by atoms with E-state index in [1.807, 2.05) is 4.72 Å². The van der Waals surface area contributed by atoms with Crippen molar-refractivity contribution in [3.8, 4) is 0 Å². The van der Waals surface area contributed by atoms with E-state index in [0.29, 0.717) is 0 Å². The van der Waals surface area contributed by atoms with Crippen LogP contribution in [0.25, 0.3) is 0 Å². The van der Waals surface area contributed by atoms with Crippen LogP contribution in [0, 0.1) is 0 Å². The van der Waals surface area contributed by atoms with Gasteiger partial charge in [-0.05, 0) is 6.42 Å². The molecule has 0 spiro atoms. The molecule has 0 saturated carbocycles. The summed E-state index contributed by atoms with van der Waals surface area (Å²) in [6, 6.07) is -1.19. The first-order chi connectivity index (χ1) is 7.32. The lowest BCUT2D eigenvalue weighted by atomic mass is 10.1. The number of rotatable bonds is 7. The standard InChI is InChI=1S/C7H14N2O6S/c1-14-7(11)5(3-4-6(8)10)9-16(12,13)15-2/h5,9H,3-4H2,1-2H3,(H2,8,10)/t5-/m0/s1. The van der Waals surface area contributed by atoms with Crippen LogP contribution in [0.15, 0.2) is 0 Å². The van der Waals surface area contributed by atoms with E-state index in [9.17, 15) is 18.0 Å². The molecule has 0 aliphatic heterocycles. The molecule has 0 bridgehead atoms. The molecule has 1 atom stereocenters. The zero-order valence-electron chi connectivity index (χ0n) is 8.93. The topological polar surface area (TPSA) is 125 Å². The van der Waals surface area contributed by atoms with Crippen LogP contribution in [0.1, 0.15) is 12.8 Å². The third-order valence-corrected chi connectivity index (χ3v) is 2.68. The van der Waals surface area contributed by atoms with Gasteiger partial charge in [-0.1, -0.05) is 0 Å². The van der Waals surface area contributed by atoms with Crippen LogP contribution in [0.5, 0.6) is 0 Å². The average molecular weight is 254 g/mol. The van der Waals surface area contributed by atoms with Crippen LogP contribution in [-0.2, 0) is 28.8 Å². The fraction of sp³-hybridized carbons (Fsp3) is 0.714. The second-order valence-electron chi connectivity index (χ2n) is 2.82. The molecule has 0 aliphatic rings. The molecule has 0 aromatic heterocycles. The van der Waals surface area contributed by atoms with Crippen molar-refractivity contribution in [2.45, 2.75) is 18.9 Å². The number of primary amides is 1. The molecule has 0 fully saturated rings. The summed E-state index contributed by atoms with van der Waals surface area (Å²) in [5, 5.41) is 0. The summed E-state index contributed by atoms with van der Waals surface area (Å²) < 4.78 is 32.4. The second kappa shape index (κ2) is 6.40. The number of hydrogen-bond donors (Lipinski definition) is 2. The van der Waals surface area contributed by atoms with Gasteiger partial charge in [-0.3, -0.25) is 13.8 Å². The lowest BCUT2D eigenvalue weighted by Gasteiger charge is -2.14. The zero-order chi connectivity index (χ0) is 12.8. The molecular weight excluding hydrogens is 240 g/mol. The van der Waals surface area contributed by atoms with E-state index in [1.165, 1.54) is 0 Å². The minimum atomic E-state index is -4.02. The highest BCUT2D eigenvalue weighted by atomic mass is 32.2. The third kappa shape index (κ3) is 5.63. The quantitative estimate of drug-likeness (QED) is 0.520. The Morgan fingerprint density at radius 2 is 1.94 bits per heavy atom. The highest BCUT2D eigenvalue weighted by Gasteiger charge is 2.25. The second-order valence-corrected chi connectivity index (χ2v) is 4.30. The summed E-state index contributed by atoms with van der Waals surface area (Å²) in [7, 11) is -1.99. The fourth-order valence-corrected chi connectivity index (χ4v) is 1.53. The van der Waals surface area contributed by atoms with Crippen molar-refractivity contribution in [3.05, 3.63) is 0 Å². The molecule has 0 unspecified atom stereocenters.